The van der Waals surface area contributed by atoms with Gasteiger partial charge in [0, 0.05) is 32.7 Å². The van der Waals surface area contributed by atoms with E-state index >= 15 is 0 Å². The van der Waals surface area contributed by atoms with Crippen molar-refractivity contribution in [3.8, 4) is 22.8 Å². The highest BCUT2D eigenvalue weighted by Crippen LogP contribution is 2.47. The summed E-state index contributed by atoms with van der Waals surface area (Å²) in [6.45, 7) is -0.246. The van der Waals surface area contributed by atoms with Gasteiger partial charge in [0.2, 0.25) is 11.5 Å². The Kier molecular flexibility index (Phi) is 7.47. The Hall–Kier alpha value is -4.30. The number of hydrogen-bond donors (Lipinski definition) is 3. The maximum absolute atomic E-state index is 14.8. The van der Waals surface area contributed by atoms with Crippen molar-refractivity contribution in [2.45, 2.75) is 43.1 Å². The number of nitrogens with one attached hydrogen (secondary N) is 1. The summed E-state index contributed by atoms with van der Waals surface area (Å²) >= 11 is 3.33. The summed E-state index contributed by atoms with van der Waals surface area (Å²) in [7, 11) is 0. The van der Waals surface area contributed by atoms with Crippen LogP contribution in [0.25, 0.3) is 22.2 Å². The van der Waals surface area contributed by atoms with Crippen molar-refractivity contribution in [1.29, 1.82) is 0 Å². The van der Waals surface area contributed by atoms with Crippen molar-refractivity contribution >= 4 is 38.6 Å². The second kappa shape index (κ2) is 10.9. The van der Waals surface area contributed by atoms with Crippen molar-refractivity contribution in [3.05, 3.63) is 81.8 Å². The molecule has 2 aromatic heterocycles. The van der Waals surface area contributed by atoms with Gasteiger partial charge in [-0.2, -0.15) is 13.2 Å². The van der Waals surface area contributed by atoms with Crippen LogP contribution in [-0.4, -0.2) is 52.3 Å². The van der Waals surface area contributed by atoms with Crippen LogP contribution >= 0.6 is 15.9 Å². The normalized spacial score (nSPS) is 19.0. The molecule has 2 atom stereocenters. The molecule has 0 bridgehead atoms. The summed E-state index contributed by atoms with van der Waals surface area (Å²) in [4.78, 5) is 34.2. The van der Waals surface area contributed by atoms with Crippen molar-refractivity contribution in [3.63, 3.8) is 0 Å². The number of halogens is 5. The lowest BCUT2D eigenvalue weighted by Crippen LogP contribution is -2.51. The largest absolute Gasteiger partial charge is 0.489 e. The summed E-state index contributed by atoms with van der Waals surface area (Å²) in [5.74, 6) is -2.14. The smallest absolute Gasteiger partial charge is 0.424 e. The zero-order valence-corrected chi connectivity index (χ0v) is 25.1. The predicted octanol–water partition coefficient (Wildman–Crippen LogP) is 5.05. The van der Waals surface area contributed by atoms with E-state index in [-0.39, 0.29) is 40.8 Å². The van der Waals surface area contributed by atoms with E-state index in [1.54, 1.807) is 12.3 Å². The van der Waals surface area contributed by atoms with Crippen LogP contribution < -0.4 is 20.5 Å². The number of nitrogens with zero attached hydrogens (tertiary/aromatic N) is 2. The number of carbonyl (C=O) groups is 2. The monoisotopic (exact) mass is 688 g/mol. The van der Waals surface area contributed by atoms with E-state index in [0.29, 0.717) is 21.1 Å². The first-order valence-electron chi connectivity index (χ1n) is 13.8. The van der Waals surface area contributed by atoms with Gasteiger partial charge in [-0.25, -0.2) is 9.37 Å². The second-order valence-corrected chi connectivity index (χ2v) is 12.2. The number of pyridine rings is 2. The number of hydrogen-bond acceptors (Lipinski definition) is 7. The minimum atomic E-state index is -5.36. The molecular weight excluding hydrogens is 664 g/mol. The van der Waals surface area contributed by atoms with Crippen LogP contribution in [0, 0.1) is 5.82 Å². The molecule has 4 N–H and O–H groups in total. The average Bonchev–Trinajstić information content (AvgIpc) is 3.74. The Morgan fingerprint density at radius 3 is 2.53 bits per heavy atom. The SMILES string of the molecule is CC1(C(N)=O)COc2c1cc(C(O)(CNC(=O)c1cc(OC3CC3)c3ncc(Br)cc3c1)C(F)(F)F)nc2-c1ccc(F)cc1. The van der Waals surface area contributed by atoms with Crippen LogP contribution in [0.4, 0.5) is 17.6 Å². The molecule has 1 fully saturated rings. The predicted molar refractivity (Wildman–Crippen MR) is 157 cm³/mol. The average molecular weight is 689 g/mol. The van der Waals surface area contributed by atoms with E-state index < -0.39 is 47.1 Å². The van der Waals surface area contributed by atoms with Crippen molar-refractivity contribution in [1.82, 2.24) is 15.3 Å². The molecule has 6 rings (SSSR count). The Labute approximate surface area is 261 Å². The maximum atomic E-state index is 14.8. The van der Waals surface area contributed by atoms with Gasteiger partial charge in [-0.1, -0.05) is 0 Å². The molecule has 4 aromatic rings. The van der Waals surface area contributed by atoms with E-state index in [4.69, 9.17) is 15.2 Å². The fourth-order valence-electron chi connectivity index (χ4n) is 5.02. The molecule has 0 spiro atoms. The Morgan fingerprint density at radius 1 is 1.18 bits per heavy atom. The summed E-state index contributed by atoms with van der Waals surface area (Å²) in [6, 6.07) is 10.1. The molecule has 2 aliphatic rings. The maximum Gasteiger partial charge on any atom is 0.424 e. The van der Waals surface area contributed by atoms with Crippen LogP contribution in [0.2, 0.25) is 0 Å². The number of nitrogens with two attached hydrogens (primary N) is 1. The lowest BCUT2D eigenvalue weighted by atomic mass is 9.81. The topological polar surface area (TPSA) is 137 Å². The number of amides is 2. The molecule has 0 saturated heterocycles. The van der Waals surface area contributed by atoms with Crippen molar-refractivity contribution < 1.29 is 41.7 Å². The minimum absolute atomic E-state index is 0.0220. The summed E-state index contributed by atoms with van der Waals surface area (Å²) in [6.07, 6.45) is -2.21. The molecule has 234 valence electrons. The summed E-state index contributed by atoms with van der Waals surface area (Å²) in [5.41, 5.74) is -0.204. The number of carbonyl (C=O) groups excluding carboxylic acids is 2. The molecule has 2 unspecified atom stereocenters. The van der Waals surface area contributed by atoms with Crippen molar-refractivity contribution in [2.24, 2.45) is 5.73 Å². The van der Waals surface area contributed by atoms with Gasteiger partial charge in [0.05, 0.1) is 18.3 Å². The van der Waals surface area contributed by atoms with E-state index in [9.17, 15) is 32.3 Å². The molecule has 1 aliphatic heterocycles. The highest BCUT2D eigenvalue weighted by molar-refractivity contribution is 9.10. The lowest BCUT2D eigenvalue weighted by Gasteiger charge is -2.31. The standard InChI is InChI=1S/C31H25BrF4N4O5/c1-29(28(37)42)14-44-26-21(29)11-23(40-25(26)15-2-4-19(33)5-3-15)30(43,31(34,35)36)13-39-27(41)17-8-16-9-18(32)12-38-24(16)22(10-17)45-20-6-7-20/h2-5,8-12,20,43H,6-7,13-14H2,1H3,(H2,37,42)(H,39,41). The molecule has 1 saturated carbocycles. The quantitative estimate of drug-likeness (QED) is 0.220. The zero-order chi connectivity index (χ0) is 32.3. The number of aliphatic hydroxyl groups is 1. The van der Waals surface area contributed by atoms with Gasteiger partial charge in [0.25, 0.3) is 5.91 Å². The molecule has 14 heteroatoms. The molecule has 9 nitrogen and oxygen atoms in total. The third-order valence-electron chi connectivity index (χ3n) is 7.93. The Balaban J connectivity index is 1.40. The molecule has 1 aliphatic carbocycles. The first kappa shape index (κ1) is 30.7. The first-order chi connectivity index (χ1) is 21.2. The highest BCUT2D eigenvalue weighted by atomic mass is 79.9. The molecule has 2 aromatic carbocycles. The number of ether oxygens (including phenoxy) is 2. The molecule has 2 amide bonds. The summed E-state index contributed by atoms with van der Waals surface area (Å²) in [5, 5.41) is 14.0. The second-order valence-electron chi connectivity index (χ2n) is 11.3. The number of rotatable bonds is 8. The van der Waals surface area contributed by atoms with E-state index in [0.717, 1.165) is 31.0 Å². The Morgan fingerprint density at radius 2 is 1.89 bits per heavy atom. The van der Waals surface area contributed by atoms with Gasteiger partial charge >= 0.3 is 6.18 Å². The third kappa shape index (κ3) is 5.56. The van der Waals surface area contributed by atoms with Gasteiger partial charge < -0.3 is 25.6 Å². The van der Waals surface area contributed by atoms with E-state index in [1.807, 2.05) is 0 Å². The lowest BCUT2D eigenvalue weighted by molar-refractivity contribution is -0.265. The van der Waals surface area contributed by atoms with E-state index in [1.165, 1.54) is 31.2 Å². The first-order valence-corrected chi connectivity index (χ1v) is 14.6. The summed E-state index contributed by atoms with van der Waals surface area (Å²) < 4.78 is 70.1. The number of primary amides is 1. The van der Waals surface area contributed by atoms with Gasteiger partial charge in [-0.15, -0.1) is 0 Å². The molecule has 45 heavy (non-hydrogen) atoms. The highest BCUT2D eigenvalue weighted by Gasteiger charge is 2.57. The third-order valence-corrected chi connectivity index (χ3v) is 8.36. The minimum Gasteiger partial charge on any atom is -0.489 e. The van der Waals surface area contributed by atoms with Crippen LogP contribution in [-0.2, 0) is 15.8 Å². The molecule has 3 heterocycles. The van der Waals surface area contributed by atoms with Gasteiger partial charge in [-0.05, 0) is 84.2 Å². The fourth-order valence-corrected chi connectivity index (χ4v) is 5.37. The fraction of sp³-hybridized carbons (Fsp3) is 0.290. The van der Waals surface area contributed by atoms with Crippen LogP contribution in [0.1, 0.15) is 41.4 Å². The molecule has 0 radical (unpaired) electrons. The van der Waals surface area contributed by atoms with Crippen LogP contribution in [0.3, 0.4) is 0 Å². The number of fused-ring (bicyclic) bond motifs is 2. The number of aromatic nitrogens is 2. The number of alkyl halides is 3. The van der Waals surface area contributed by atoms with Gasteiger partial charge in [-0.3, -0.25) is 14.6 Å². The number of benzene rings is 2. The van der Waals surface area contributed by atoms with Crippen LogP contribution in [0.15, 0.2) is 59.2 Å². The van der Waals surface area contributed by atoms with Crippen molar-refractivity contribution in [2.75, 3.05) is 13.2 Å². The van der Waals surface area contributed by atoms with E-state index in [2.05, 4.69) is 31.2 Å². The van der Waals surface area contributed by atoms with Gasteiger partial charge in [0.15, 0.2) is 0 Å². The zero-order valence-electron chi connectivity index (χ0n) is 23.5. The molecular formula is C31H25BrF4N4O5. The Bertz CT molecular complexity index is 1850. The van der Waals surface area contributed by atoms with Gasteiger partial charge in [0.1, 0.15) is 40.5 Å². The van der Waals surface area contributed by atoms with Crippen LogP contribution in [0.5, 0.6) is 11.5 Å².